The molecule has 1 saturated heterocycles. The van der Waals surface area contributed by atoms with Crippen LogP contribution in [0.3, 0.4) is 0 Å². The molecule has 25 heavy (non-hydrogen) atoms. The number of benzene rings is 1. The Labute approximate surface area is 148 Å². The molecule has 1 aromatic carbocycles. The van der Waals surface area contributed by atoms with E-state index in [2.05, 4.69) is 46.1 Å². The van der Waals surface area contributed by atoms with Gasteiger partial charge in [-0.15, -0.1) is 5.10 Å². The van der Waals surface area contributed by atoms with E-state index in [9.17, 15) is 4.79 Å². The van der Waals surface area contributed by atoms with E-state index in [-0.39, 0.29) is 11.2 Å². The molecule has 1 aliphatic rings. The highest BCUT2D eigenvalue weighted by Crippen LogP contribution is 2.20. The van der Waals surface area contributed by atoms with Crippen LogP contribution in [0.5, 0.6) is 0 Å². The summed E-state index contributed by atoms with van der Waals surface area (Å²) in [6.07, 6.45) is 0. The van der Waals surface area contributed by atoms with E-state index in [4.69, 9.17) is 0 Å². The largest absolute Gasteiger partial charge is 0.369 e. The van der Waals surface area contributed by atoms with Crippen LogP contribution in [0.25, 0.3) is 0 Å². The molecule has 0 unspecified atom stereocenters. The van der Waals surface area contributed by atoms with Crippen molar-refractivity contribution in [3.8, 4) is 0 Å². The first kappa shape index (κ1) is 17.5. The summed E-state index contributed by atoms with van der Waals surface area (Å²) in [7, 11) is 0. The third-order valence-electron chi connectivity index (χ3n) is 4.55. The van der Waals surface area contributed by atoms with Gasteiger partial charge in [0.25, 0.3) is 0 Å². The summed E-state index contributed by atoms with van der Waals surface area (Å²) in [5.74, 6) is 1.02. The number of nitrogens with zero attached hydrogens (tertiary/aromatic N) is 6. The molecule has 1 fully saturated rings. The number of piperazine rings is 1. The summed E-state index contributed by atoms with van der Waals surface area (Å²) < 4.78 is 1.90. The fourth-order valence-corrected chi connectivity index (χ4v) is 3.08. The molecule has 2 heterocycles. The number of carbonyl (C=O) groups excluding carboxylic acids is 1. The SMILES string of the molecule is CC(=O)c1ccc(N2CCN(Cn3nnnc3C(C)(C)C)CC2)cc1. The van der Waals surface area contributed by atoms with Crippen LogP contribution in [0.2, 0.25) is 0 Å². The fourth-order valence-electron chi connectivity index (χ4n) is 3.08. The molecule has 0 atom stereocenters. The second kappa shape index (κ2) is 6.92. The van der Waals surface area contributed by atoms with Crippen molar-refractivity contribution >= 4 is 11.5 Å². The van der Waals surface area contributed by atoms with E-state index in [1.807, 2.05) is 28.9 Å². The summed E-state index contributed by atoms with van der Waals surface area (Å²) in [5.41, 5.74) is 1.86. The van der Waals surface area contributed by atoms with Gasteiger partial charge in [0.1, 0.15) is 0 Å². The molecule has 0 saturated carbocycles. The number of ketones is 1. The highest BCUT2D eigenvalue weighted by molar-refractivity contribution is 5.94. The zero-order chi connectivity index (χ0) is 18.0. The number of hydrogen-bond donors (Lipinski definition) is 0. The van der Waals surface area contributed by atoms with Crippen LogP contribution in [0.1, 0.15) is 43.9 Å². The lowest BCUT2D eigenvalue weighted by Gasteiger charge is -2.36. The predicted octanol–water partition coefficient (Wildman–Crippen LogP) is 1.95. The standard InChI is InChI=1S/C18H26N6O/c1-14(25)15-5-7-16(8-6-15)23-11-9-22(10-12-23)13-24-17(18(2,3)4)19-20-21-24/h5-8H,9-13H2,1-4H3. The van der Waals surface area contributed by atoms with Gasteiger partial charge in [-0.25, -0.2) is 4.68 Å². The van der Waals surface area contributed by atoms with Crippen molar-refractivity contribution in [3.05, 3.63) is 35.7 Å². The fraction of sp³-hybridized carbons (Fsp3) is 0.556. The minimum Gasteiger partial charge on any atom is -0.369 e. The van der Waals surface area contributed by atoms with Gasteiger partial charge in [0.2, 0.25) is 0 Å². The first-order valence-corrected chi connectivity index (χ1v) is 8.69. The van der Waals surface area contributed by atoms with E-state index in [0.717, 1.165) is 44.2 Å². The summed E-state index contributed by atoms with van der Waals surface area (Å²) in [6.45, 7) is 12.5. The van der Waals surface area contributed by atoms with Gasteiger partial charge in [-0.3, -0.25) is 9.69 Å². The lowest BCUT2D eigenvalue weighted by atomic mass is 9.96. The van der Waals surface area contributed by atoms with Gasteiger partial charge >= 0.3 is 0 Å². The molecule has 0 amide bonds. The first-order valence-electron chi connectivity index (χ1n) is 8.69. The topological polar surface area (TPSA) is 67.2 Å². The van der Waals surface area contributed by atoms with Crippen LogP contribution in [0, 0.1) is 0 Å². The van der Waals surface area contributed by atoms with Crippen LogP contribution >= 0.6 is 0 Å². The van der Waals surface area contributed by atoms with Crippen molar-refractivity contribution in [3.63, 3.8) is 0 Å². The van der Waals surface area contributed by atoms with Crippen molar-refractivity contribution in [1.82, 2.24) is 25.1 Å². The number of hydrogen-bond acceptors (Lipinski definition) is 6. The minimum atomic E-state index is -0.0657. The van der Waals surface area contributed by atoms with Crippen LogP contribution in [0.4, 0.5) is 5.69 Å². The van der Waals surface area contributed by atoms with E-state index < -0.39 is 0 Å². The number of tetrazole rings is 1. The van der Waals surface area contributed by atoms with E-state index in [0.29, 0.717) is 0 Å². The Morgan fingerprint density at radius 2 is 1.72 bits per heavy atom. The minimum absolute atomic E-state index is 0.0657. The Morgan fingerprint density at radius 1 is 1.08 bits per heavy atom. The van der Waals surface area contributed by atoms with Crippen LogP contribution in [-0.2, 0) is 12.1 Å². The monoisotopic (exact) mass is 342 g/mol. The molecular weight excluding hydrogens is 316 g/mol. The Bertz CT molecular complexity index is 723. The molecular formula is C18H26N6O. The maximum Gasteiger partial charge on any atom is 0.159 e. The molecule has 2 aromatic rings. The van der Waals surface area contributed by atoms with Crippen LogP contribution in [-0.4, -0.2) is 57.1 Å². The van der Waals surface area contributed by atoms with Gasteiger partial charge in [-0.05, 0) is 41.6 Å². The quantitative estimate of drug-likeness (QED) is 0.791. The van der Waals surface area contributed by atoms with Gasteiger partial charge in [-0.2, -0.15) is 0 Å². The maximum absolute atomic E-state index is 11.4. The van der Waals surface area contributed by atoms with Crippen molar-refractivity contribution in [2.24, 2.45) is 0 Å². The normalized spacial score (nSPS) is 16.2. The van der Waals surface area contributed by atoms with Crippen molar-refractivity contribution in [1.29, 1.82) is 0 Å². The van der Waals surface area contributed by atoms with Gasteiger partial charge in [0.15, 0.2) is 11.6 Å². The van der Waals surface area contributed by atoms with Gasteiger partial charge < -0.3 is 4.90 Å². The van der Waals surface area contributed by atoms with E-state index in [1.165, 1.54) is 5.69 Å². The molecule has 0 bridgehead atoms. The summed E-state index contributed by atoms with van der Waals surface area (Å²) >= 11 is 0. The molecule has 3 rings (SSSR count). The lowest BCUT2D eigenvalue weighted by Crippen LogP contribution is -2.47. The second-order valence-electron chi connectivity index (χ2n) is 7.60. The molecule has 7 heteroatoms. The second-order valence-corrected chi connectivity index (χ2v) is 7.60. The third kappa shape index (κ3) is 4.04. The van der Waals surface area contributed by atoms with Crippen LogP contribution in [0.15, 0.2) is 24.3 Å². The zero-order valence-electron chi connectivity index (χ0n) is 15.4. The summed E-state index contributed by atoms with van der Waals surface area (Å²) in [5, 5.41) is 12.2. The Balaban J connectivity index is 1.59. The molecule has 0 aliphatic carbocycles. The number of aromatic nitrogens is 4. The molecule has 1 aliphatic heterocycles. The molecule has 1 aromatic heterocycles. The van der Waals surface area contributed by atoms with Gasteiger partial charge in [-0.1, -0.05) is 20.8 Å². The predicted molar refractivity (Wildman–Crippen MR) is 96.7 cm³/mol. The van der Waals surface area contributed by atoms with Gasteiger partial charge in [0, 0.05) is 42.8 Å². The van der Waals surface area contributed by atoms with Crippen molar-refractivity contribution < 1.29 is 4.79 Å². The zero-order valence-corrected chi connectivity index (χ0v) is 15.4. The van der Waals surface area contributed by atoms with Crippen LogP contribution < -0.4 is 4.90 Å². The highest BCUT2D eigenvalue weighted by Gasteiger charge is 2.24. The third-order valence-corrected chi connectivity index (χ3v) is 4.55. The first-order chi connectivity index (χ1) is 11.8. The van der Waals surface area contributed by atoms with Crippen molar-refractivity contribution in [2.75, 3.05) is 31.1 Å². The Kier molecular flexibility index (Phi) is 4.85. The smallest absolute Gasteiger partial charge is 0.159 e. The molecule has 134 valence electrons. The number of rotatable bonds is 4. The Hall–Kier alpha value is -2.28. The maximum atomic E-state index is 11.4. The number of Topliss-reactive ketones (excluding diaryl/α,β-unsaturated/α-hetero) is 1. The van der Waals surface area contributed by atoms with Gasteiger partial charge in [0.05, 0.1) is 6.67 Å². The summed E-state index contributed by atoms with van der Waals surface area (Å²) in [4.78, 5) is 16.1. The molecule has 0 N–H and O–H groups in total. The molecule has 0 spiro atoms. The average molecular weight is 342 g/mol. The Morgan fingerprint density at radius 3 is 2.28 bits per heavy atom. The average Bonchev–Trinajstić information content (AvgIpc) is 3.04. The molecule has 0 radical (unpaired) electrons. The van der Waals surface area contributed by atoms with E-state index >= 15 is 0 Å². The number of anilines is 1. The van der Waals surface area contributed by atoms with E-state index in [1.54, 1.807) is 6.92 Å². The van der Waals surface area contributed by atoms with Crippen molar-refractivity contribution in [2.45, 2.75) is 39.8 Å². The lowest BCUT2D eigenvalue weighted by molar-refractivity contribution is 0.101. The highest BCUT2D eigenvalue weighted by atomic mass is 16.1. The molecule has 7 nitrogen and oxygen atoms in total. The number of carbonyl (C=O) groups is 1. The summed E-state index contributed by atoms with van der Waals surface area (Å²) in [6, 6.07) is 7.87.